The van der Waals surface area contributed by atoms with Gasteiger partial charge in [-0.05, 0) is 36.4 Å². The highest BCUT2D eigenvalue weighted by Crippen LogP contribution is 2.26. The van der Waals surface area contributed by atoms with Gasteiger partial charge in [-0.1, -0.05) is 35.3 Å². The van der Waals surface area contributed by atoms with Crippen LogP contribution in [0, 0.1) is 5.41 Å². The Balaban J connectivity index is 1.59. The average Bonchev–Trinajstić information content (AvgIpc) is 3.34. The molecule has 0 bridgehead atoms. The number of nitrogens with one attached hydrogen (secondary N) is 2. The number of anilines is 1. The highest BCUT2D eigenvalue weighted by molar-refractivity contribution is 7.91. The van der Waals surface area contributed by atoms with Gasteiger partial charge in [0.2, 0.25) is 5.95 Å². The molecule has 0 aliphatic carbocycles. The molecule has 0 unspecified atom stereocenters. The van der Waals surface area contributed by atoms with Crippen LogP contribution in [0.3, 0.4) is 0 Å². The quantitative estimate of drug-likeness (QED) is 0.267. The Morgan fingerprint density at radius 1 is 1.12 bits per heavy atom. The number of amidine groups is 1. The minimum absolute atomic E-state index is 0.0380. The summed E-state index contributed by atoms with van der Waals surface area (Å²) >= 11 is 12.2. The van der Waals surface area contributed by atoms with Crippen LogP contribution in [0.15, 0.2) is 48.5 Å². The van der Waals surface area contributed by atoms with Crippen molar-refractivity contribution in [1.82, 2.24) is 25.0 Å². The molecule has 1 aliphatic rings. The zero-order valence-electron chi connectivity index (χ0n) is 21.1. The molecular weight excluding hydrogens is 610 g/mol. The number of aromatic nitrogens is 3. The first-order valence-electron chi connectivity index (χ1n) is 12.1. The first-order valence-corrected chi connectivity index (χ1v) is 14.6. The van der Waals surface area contributed by atoms with Crippen LogP contribution in [0.2, 0.25) is 10.0 Å². The highest BCUT2D eigenvalue weighted by Gasteiger charge is 2.41. The van der Waals surface area contributed by atoms with Crippen molar-refractivity contribution >= 4 is 50.9 Å². The number of carbonyl (C=O) groups excluding carboxylic acids is 1. The van der Waals surface area contributed by atoms with E-state index in [1.165, 1.54) is 28.9 Å². The summed E-state index contributed by atoms with van der Waals surface area (Å²) in [6.07, 6.45) is -7.95. The minimum Gasteiger partial charge on any atom is -0.382 e. The molecule has 0 radical (unpaired) electrons. The number of para-hydroxylation sites is 1. The summed E-state index contributed by atoms with van der Waals surface area (Å²) in [7, 11) is -3.20. The normalized spacial score (nSPS) is 15.8. The van der Waals surface area contributed by atoms with Crippen molar-refractivity contribution < 1.29 is 31.5 Å². The van der Waals surface area contributed by atoms with Gasteiger partial charge in [0.05, 0.1) is 35.3 Å². The molecule has 1 atom stereocenters. The molecule has 1 fully saturated rings. The molecule has 17 heteroatoms. The lowest BCUT2D eigenvalue weighted by molar-refractivity contribution is -0.204. The van der Waals surface area contributed by atoms with Crippen molar-refractivity contribution in [2.24, 2.45) is 0 Å². The van der Waals surface area contributed by atoms with E-state index in [2.05, 4.69) is 15.4 Å². The minimum atomic E-state index is -5.04. The van der Waals surface area contributed by atoms with E-state index in [0.29, 0.717) is 20.6 Å². The Kier molecular flexibility index (Phi) is 9.11. The van der Waals surface area contributed by atoms with Crippen molar-refractivity contribution in [3.05, 3.63) is 70.0 Å². The zero-order valence-corrected chi connectivity index (χ0v) is 23.5. The topological polar surface area (TPSA) is 145 Å². The third-order valence-electron chi connectivity index (χ3n) is 6.11. The van der Waals surface area contributed by atoms with E-state index in [0.717, 1.165) is 0 Å². The summed E-state index contributed by atoms with van der Waals surface area (Å²) in [5.41, 5.74) is 0.518. The predicted molar refractivity (Wildman–Crippen MR) is 147 cm³/mol. The summed E-state index contributed by atoms with van der Waals surface area (Å²) in [5, 5.41) is 25.4. The molecule has 2 amide bonds. The van der Waals surface area contributed by atoms with Crippen LogP contribution in [-0.4, -0.2) is 88.5 Å². The van der Waals surface area contributed by atoms with E-state index in [1.54, 1.807) is 29.2 Å². The number of hydrogen-bond donors (Lipinski definition) is 3. The van der Waals surface area contributed by atoms with Gasteiger partial charge < -0.3 is 15.3 Å². The number of urea groups is 1. The lowest BCUT2D eigenvalue weighted by Crippen LogP contribution is -2.50. The Morgan fingerprint density at radius 3 is 2.37 bits per heavy atom. The maximum atomic E-state index is 13.1. The first kappa shape index (κ1) is 30.6. The smallest absolute Gasteiger partial charge is 0.382 e. The van der Waals surface area contributed by atoms with Crippen LogP contribution in [0.25, 0.3) is 5.69 Å². The van der Waals surface area contributed by atoms with E-state index in [4.69, 9.17) is 28.6 Å². The molecule has 1 aromatic heterocycles. The first-order chi connectivity index (χ1) is 19.2. The summed E-state index contributed by atoms with van der Waals surface area (Å²) in [5.74, 6) is -0.506. The van der Waals surface area contributed by atoms with Crippen LogP contribution in [0.1, 0.15) is 11.4 Å². The Labute approximate surface area is 242 Å². The fourth-order valence-electron chi connectivity index (χ4n) is 3.89. The van der Waals surface area contributed by atoms with Gasteiger partial charge in [-0.3, -0.25) is 10.3 Å². The maximum absolute atomic E-state index is 13.1. The molecule has 11 nitrogen and oxygen atoms in total. The van der Waals surface area contributed by atoms with Crippen molar-refractivity contribution in [2.75, 3.05) is 36.0 Å². The molecule has 3 N–H and O–H groups in total. The molecule has 3 aromatic rings. The largest absolute Gasteiger partial charge is 0.416 e. The number of aliphatic hydroxyl groups is 1. The van der Waals surface area contributed by atoms with E-state index in [1.807, 2.05) is 0 Å². The molecule has 1 saturated heterocycles. The fraction of sp³-hybridized carbons (Fsp3) is 0.333. The van der Waals surface area contributed by atoms with Crippen molar-refractivity contribution in [1.29, 1.82) is 5.41 Å². The number of alkyl halides is 3. The van der Waals surface area contributed by atoms with E-state index in [9.17, 15) is 31.5 Å². The molecule has 2 heterocycles. The second kappa shape index (κ2) is 12.2. The Hall–Kier alpha value is -3.40. The SMILES string of the molecule is N=C(c1ccc(Cl)cc1)N(C[C@H](O)C(F)(F)F)C(=O)NCc1nc(N2CCS(=O)(=O)CC2)n(-c2ccccc2Cl)n1. The fourth-order valence-corrected chi connectivity index (χ4v) is 5.43. The zero-order chi connectivity index (χ0) is 29.9. The number of benzene rings is 2. The summed E-state index contributed by atoms with van der Waals surface area (Å²) in [6.45, 7) is -1.34. The number of hydrogen-bond acceptors (Lipinski definition) is 8. The molecule has 0 spiro atoms. The number of halogens is 5. The molecule has 41 heavy (non-hydrogen) atoms. The van der Waals surface area contributed by atoms with Crippen LogP contribution in [-0.2, 0) is 16.4 Å². The van der Waals surface area contributed by atoms with Crippen LogP contribution >= 0.6 is 23.2 Å². The van der Waals surface area contributed by atoms with Gasteiger partial charge in [-0.2, -0.15) is 22.8 Å². The third kappa shape index (κ3) is 7.47. The predicted octanol–water partition coefficient (Wildman–Crippen LogP) is 3.27. The van der Waals surface area contributed by atoms with Crippen molar-refractivity contribution in [3.63, 3.8) is 0 Å². The van der Waals surface area contributed by atoms with Gasteiger partial charge in [0.1, 0.15) is 5.84 Å². The number of aliphatic hydroxyl groups excluding tert-OH is 1. The van der Waals surface area contributed by atoms with E-state index >= 15 is 0 Å². The average molecular weight is 634 g/mol. The van der Waals surface area contributed by atoms with Gasteiger partial charge >= 0.3 is 12.2 Å². The number of sulfone groups is 1. The van der Waals surface area contributed by atoms with Gasteiger partial charge in [-0.15, -0.1) is 5.10 Å². The number of rotatable bonds is 7. The molecule has 1 aliphatic heterocycles. The lowest BCUT2D eigenvalue weighted by atomic mass is 10.2. The number of amides is 2. The summed E-state index contributed by atoms with van der Waals surface area (Å²) in [6, 6.07) is 11.1. The van der Waals surface area contributed by atoms with E-state index < -0.39 is 40.5 Å². The Bertz CT molecular complexity index is 1520. The lowest BCUT2D eigenvalue weighted by Gasteiger charge is -2.27. The second-order valence-electron chi connectivity index (χ2n) is 9.01. The Morgan fingerprint density at radius 2 is 1.76 bits per heavy atom. The monoisotopic (exact) mass is 633 g/mol. The standard InChI is InChI=1S/C24H24Cl2F3N7O4S/c25-16-7-5-15(6-8-16)21(30)35(14-19(37)24(27,28)29)23(38)31-13-20-32-22(34-9-11-41(39,40)12-10-34)36(33-20)18-4-2-1-3-17(18)26/h1-8,19,30,37H,9-14H2,(H,31,38)/t19-/m0/s1. The number of carbonyl (C=O) groups is 1. The van der Waals surface area contributed by atoms with Gasteiger partial charge in [-0.25, -0.2) is 13.2 Å². The van der Waals surface area contributed by atoms with Gasteiger partial charge in [0, 0.05) is 23.7 Å². The van der Waals surface area contributed by atoms with Crippen LogP contribution in [0.5, 0.6) is 0 Å². The van der Waals surface area contributed by atoms with Crippen molar-refractivity contribution in [3.8, 4) is 5.69 Å². The summed E-state index contributed by atoms with van der Waals surface area (Å²) in [4.78, 5) is 19.6. The number of nitrogens with zero attached hydrogens (tertiary/aromatic N) is 5. The van der Waals surface area contributed by atoms with E-state index in [-0.39, 0.29) is 48.5 Å². The molecule has 220 valence electrons. The van der Waals surface area contributed by atoms with Crippen LogP contribution < -0.4 is 10.2 Å². The molecular formula is C24H24Cl2F3N7O4S. The van der Waals surface area contributed by atoms with Gasteiger partial charge in [0.25, 0.3) is 0 Å². The van der Waals surface area contributed by atoms with Crippen LogP contribution in [0.4, 0.5) is 23.9 Å². The molecule has 0 saturated carbocycles. The highest BCUT2D eigenvalue weighted by atomic mass is 35.5. The second-order valence-corrected chi connectivity index (χ2v) is 12.2. The maximum Gasteiger partial charge on any atom is 0.416 e. The summed E-state index contributed by atoms with van der Waals surface area (Å²) < 4.78 is 64.7. The van der Waals surface area contributed by atoms with Gasteiger partial charge in [0.15, 0.2) is 21.8 Å². The van der Waals surface area contributed by atoms with Crippen molar-refractivity contribution in [2.45, 2.75) is 18.8 Å². The molecule has 4 rings (SSSR count). The molecule has 2 aromatic carbocycles. The third-order valence-corrected chi connectivity index (χ3v) is 8.29.